The van der Waals surface area contributed by atoms with Gasteiger partial charge in [0.1, 0.15) is 0 Å². The Morgan fingerprint density at radius 3 is 0.875 bits per heavy atom. The zero-order valence-electron chi connectivity index (χ0n) is 40.5. The second-order valence-electron chi connectivity index (χ2n) is 17.6. The number of fused-ring (bicyclic) bond motifs is 4. The van der Waals surface area contributed by atoms with Crippen LogP contribution < -0.4 is 0 Å². The third-order valence-corrected chi connectivity index (χ3v) is 11.3. The first-order valence-electron chi connectivity index (χ1n) is 22.6. The van der Waals surface area contributed by atoms with Crippen molar-refractivity contribution >= 4 is 43.1 Å². The molecule has 0 fully saturated rings. The van der Waals surface area contributed by atoms with Crippen LogP contribution in [0.15, 0.2) is 194 Å². The Morgan fingerprint density at radius 2 is 0.469 bits per heavy atom. The van der Waals surface area contributed by atoms with Crippen LogP contribution in [0.2, 0.25) is 0 Å². The predicted octanol–water partition coefficient (Wildman–Crippen LogP) is 18.4. The Bertz CT molecular complexity index is 2880. The van der Waals surface area contributed by atoms with Gasteiger partial charge in [-0.1, -0.05) is 244 Å². The van der Waals surface area contributed by atoms with Crippen molar-refractivity contribution in [2.45, 2.75) is 83.1 Å². The second kappa shape index (κ2) is 23.6. The summed E-state index contributed by atoms with van der Waals surface area (Å²) >= 11 is 0. The van der Waals surface area contributed by atoms with Crippen molar-refractivity contribution in [3.8, 4) is 0 Å². The highest BCUT2D eigenvalue weighted by Gasteiger charge is 1.98. The topological polar surface area (TPSA) is 0 Å². The van der Waals surface area contributed by atoms with Crippen LogP contribution in [0, 0.1) is 83.1 Å². The summed E-state index contributed by atoms with van der Waals surface area (Å²) < 4.78 is 0. The largest absolute Gasteiger partial charge is 0.0617 e. The van der Waals surface area contributed by atoms with Crippen molar-refractivity contribution in [1.29, 1.82) is 0 Å². The Morgan fingerprint density at radius 1 is 0.172 bits per heavy atom. The fraction of sp³-hybridized carbons (Fsp3) is 0.188. The van der Waals surface area contributed by atoms with E-state index in [1.165, 1.54) is 110 Å². The summed E-state index contributed by atoms with van der Waals surface area (Å²) in [6.45, 7) is 25.5. The van der Waals surface area contributed by atoms with Gasteiger partial charge in [0.2, 0.25) is 0 Å². The fourth-order valence-corrected chi connectivity index (χ4v) is 7.60. The molecule has 64 heavy (non-hydrogen) atoms. The monoisotopic (exact) mass is 837 g/mol. The number of hydrogen-bond donors (Lipinski definition) is 0. The summed E-state index contributed by atoms with van der Waals surface area (Å²) in [5.74, 6) is 0. The molecule has 0 heterocycles. The average molecular weight is 837 g/mol. The zero-order valence-corrected chi connectivity index (χ0v) is 40.5. The normalized spacial score (nSPS) is 10.2. The van der Waals surface area contributed by atoms with Crippen LogP contribution >= 0.6 is 0 Å². The smallest absolute Gasteiger partial charge is 0.0152 e. The first kappa shape index (κ1) is 48.3. The van der Waals surface area contributed by atoms with Gasteiger partial charge in [-0.15, -0.1) is 0 Å². The van der Waals surface area contributed by atoms with Crippen molar-refractivity contribution in [2.24, 2.45) is 0 Å². The Hall–Kier alpha value is -6.76. The van der Waals surface area contributed by atoms with Gasteiger partial charge in [0.05, 0.1) is 0 Å². The van der Waals surface area contributed by atoms with E-state index >= 15 is 0 Å². The SMILES string of the molecule is Cc1ccc(C)cc1.Cc1ccc2c(C)cccc2c1.Cc1ccc2cc(C)ccc2c1.Cc1ccc2ccc(C)cc2c1.Cc1cccc(C)c1.Cc1cccc2c(C)cccc12. The summed E-state index contributed by atoms with van der Waals surface area (Å²) in [6, 6.07) is 69.0. The first-order valence-corrected chi connectivity index (χ1v) is 22.6. The van der Waals surface area contributed by atoms with Crippen LogP contribution in [0.5, 0.6) is 0 Å². The summed E-state index contributed by atoms with van der Waals surface area (Å²) in [4.78, 5) is 0. The van der Waals surface area contributed by atoms with E-state index in [0.717, 1.165) is 0 Å². The molecule has 0 amide bonds. The molecule has 10 aromatic carbocycles. The van der Waals surface area contributed by atoms with Gasteiger partial charge in [0.25, 0.3) is 0 Å². The molecule has 0 radical (unpaired) electrons. The molecular formula is C64H68. The van der Waals surface area contributed by atoms with E-state index in [1.54, 1.807) is 0 Å². The van der Waals surface area contributed by atoms with E-state index < -0.39 is 0 Å². The number of hydrogen-bond acceptors (Lipinski definition) is 0. The van der Waals surface area contributed by atoms with Crippen molar-refractivity contribution in [2.75, 3.05) is 0 Å². The van der Waals surface area contributed by atoms with Crippen molar-refractivity contribution in [3.63, 3.8) is 0 Å². The van der Waals surface area contributed by atoms with Gasteiger partial charge in [-0.3, -0.25) is 0 Å². The van der Waals surface area contributed by atoms with Gasteiger partial charge in [-0.25, -0.2) is 0 Å². The lowest BCUT2D eigenvalue weighted by Crippen LogP contribution is -1.80. The summed E-state index contributed by atoms with van der Waals surface area (Å²) in [5, 5.41) is 10.8. The summed E-state index contributed by atoms with van der Waals surface area (Å²) in [5.41, 5.74) is 16.0. The molecule has 10 aromatic rings. The molecule has 0 saturated carbocycles. The van der Waals surface area contributed by atoms with E-state index in [-0.39, 0.29) is 0 Å². The highest BCUT2D eigenvalue weighted by atomic mass is 14.0. The first-order chi connectivity index (χ1) is 30.6. The lowest BCUT2D eigenvalue weighted by molar-refractivity contribution is 1.39. The minimum Gasteiger partial charge on any atom is -0.0617 e. The van der Waals surface area contributed by atoms with E-state index in [4.69, 9.17) is 0 Å². The lowest BCUT2D eigenvalue weighted by atomic mass is 10.0. The molecule has 10 rings (SSSR count). The number of benzene rings is 10. The molecule has 0 saturated heterocycles. The van der Waals surface area contributed by atoms with Crippen molar-refractivity contribution in [1.82, 2.24) is 0 Å². The van der Waals surface area contributed by atoms with E-state index in [9.17, 15) is 0 Å². The molecule has 0 aliphatic carbocycles. The lowest BCUT2D eigenvalue weighted by Gasteiger charge is -2.03. The van der Waals surface area contributed by atoms with Crippen LogP contribution in [0.3, 0.4) is 0 Å². The average Bonchev–Trinajstić information content (AvgIpc) is 3.26. The number of rotatable bonds is 0. The van der Waals surface area contributed by atoms with Crippen LogP contribution in [-0.2, 0) is 0 Å². The fourth-order valence-electron chi connectivity index (χ4n) is 7.60. The Labute approximate surface area is 385 Å². The van der Waals surface area contributed by atoms with Crippen molar-refractivity contribution in [3.05, 3.63) is 261 Å². The Balaban J connectivity index is 0.000000146. The van der Waals surface area contributed by atoms with E-state index in [1.807, 2.05) is 0 Å². The van der Waals surface area contributed by atoms with E-state index in [2.05, 4.69) is 277 Å². The minimum absolute atomic E-state index is 1.33. The second-order valence-corrected chi connectivity index (χ2v) is 17.6. The quantitative estimate of drug-likeness (QED) is 0.143. The van der Waals surface area contributed by atoms with Crippen LogP contribution in [0.4, 0.5) is 0 Å². The molecule has 0 heteroatoms. The van der Waals surface area contributed by atoms with Gasteiger partial charge in [-0.05, 0) is 143 Å². The molecule has 0 aromatic heterocycles. The van der Waals surface area contributed by atoms with Gasteiger partial charge >= 0.3 is 0 Å². The molecule has 0 bridgehead atoms. The third kappa shape index (κ3) is 15.0. The minimum atomic E-state index is 1.33. The highest BCUT2D eigenvalue weighted by Crippen LogP contribution is 2.22. The standard InChI is InChI=1S/4C12H12.2C8H10/c1-9-3-5-12-8-10(2)4-6-11(12)7-9;1-9-3-5-11-6-4-10(2)8-12(11)7-9;1-9-5-3-8-12-10(2)6-4-7-11(9)12;1-9-6-7-12-10(2)4-3-5-11(12)8-9;1-7-3-5-8(2)6-4-7;1-7-4-3-5-8(2)6-7/h4*3-8H,1-2H3;2*3-6H,1-2H3. The van der Waals surface area contributed by atoms with Gasteiger partial charge in [0, 0.05) is 0 Å². The zero-order chi connectivity index (χ0) is 46.2. The van der Waals surface area contributed by atoms with Crippen LogP contribution in [0.1, 0.15) is 66.8 Å². The summed E-state index contributed by atoms with van der Waals surface area (Å²) in [7, 11) is 0. The molecule has 0 spiro atoms. The number of aryl methyl sites for hydroxylation is 12. The molecule has 0 nitrogen and oxygen atoms in total. The molecule has 0 aliphatic heterocycles. The molecule has 324 valence electrons. The highest BCUT2D eigenvalue weighted by molar-refractivity contribution is 5.88. The molecule has 0 unspecified atom stereocenters. The molecule has 0 N–H and O–H groups in total. The summed E-state index contributed by atoms with van der Waals surface area (Å²) in [6.07, 6.45) is 0. The maximum atomic E-state index is 2.22. The van der Waals surface area contributed by atoms with E-state index in [0.29, 0.717) is 0 Å². The predicted molar refractivity (Wildman–Crippen MR) is 286 cm³/mol. The molecule has 0 aliphatic rings. The molecular weight excluding hydrogens is 769 g/mol. The maximum Gasteiger partial charge on any atom is -0.0152 e. The van der Waals surface area contributed by atoms with Gasteiger partial charge < -0.3 is 0 Å². The third-order valence-electron chi connectivity index (χ3n) is 11.3. The van der Waals surface area contributed by atoms with Crippen molar-refractivity contribution < 1.29 is 0 Å². The van der Waals surface area contributed by atoms with Gasteiger partial charge in [-0.2, -0.15) is 0 Å². The maximum absolute atomic E-state index is 2.22. The van der Waals surface area contributed by atoms with Crippen LogP contribution in [-0.4, -0.2) is 0 Å². The van der Waals surface area contributed by atoms with Gasteiger partial charge in [0.15, 0.2) is 0 Å². The molecule has 0 atom stereocenters. The van der Waals surface area contributed by atoms with Crippen LogP contribution in [0.25, 0.3) is 43.1 Å². The Kier molecular flexibility index (Phi) is 17.8.